The molecular weight excluding hydrogens is 357 g/mol. The Kier molecular flexibility index (Phi) is 4.02. The molecule has 1 aromatic carbocycles. The molecule has 0 aliphatic heterocycles. The summed E-state index contributed by atoms with van der Waals surface area (Å²) in [4.78, 5) is 13.0. The predicted octanol–water partition coefficient (Wildman–Crippen LogP) is 4.67. The van der Waals surface area contributed by atoms with Crippen LogP contribution in [0.1, 0.15) is 5.69 Å². The SMILES string of the molecule is Cc1cc(-c2c(-c3ccc(OC(F)(F)F)cc3)nc3ncccn23)ccn1. The summed E-state index contributed by atoms with van der Waals surface area (Å²) in [6.07, 6.45) is 0.442. The Morgan fingerprint density at radius 3 is 2.44 bits per heavy atom. The Morgan fingerprint density at radius 2 is 1.74 bits per heavy atom. The number of nitrogens with zero attached hydrogens (tertiary/aromatic N) is 4. The highest BCUT2D eigenvalue weighted by Crippen LogP contribution is 2.33. The molecule has 4 aromatic rings. The third kappa shape index (κ3) is 3.46. The number of hydrogen-bond acceptors (Lipinski definition) is 4. The van der Waals surface area contributed by atoms with E-state index in [9.17, 15) is 13.2 Å². The predicted molar refractivity (Wildman–Crippen MR) is 93.1 cm³/mol. The summed E-state index contributed by atoms with van der Waals surface area (Å²) in [6, 6.07) is 11.2. The first-order valence-electron chi connectivity index (χ1n) is 8.03. The molecule has 0 bridgehead atoms. The van der Waals surface area contributed by atoms with E-state index in [0.29, 0.717) is 17.0 Å². The Labute approximate surface area is 152 Å². The molecule has 0 N–H and O–H groups in total. The highest BCUT2D eigenvalue weighted by Gasteiger charge is 2.31. The van der Waals surface area contributed by atoms with Crippen LogP contribution in [0.5, 0.6) is 5.75 Å². The van der Waals surface area contributed by atoms with Crippen molar-refractivity contribution in [2.45, 2.75) is 13.3 Å². The van der Waals surface area contributed by atoms with Crippen LogP contribution in [-0.2, 0) is 0 Å². The van der Waals surface area contributed by atoms with E-state index in [4.69, 9.17) is 0 Å². The average molecular weight is 370 g/mol. The van der Waals surface area contributed by atoms with Gasteiger partial charge in [-0.05, 0) is 49.4 Å². The Bertz CT molecular complexity index is 1100. The van der Waals surface area contributed by atoms with E-state index in [2.05, 4.69) is 19.7 Å². The van der Waals surface area contributed by atoms with Crippen LogP contribution in [0.2, 0.25) is 0 Å². The van der Waals surface area contributed by atoms with Gasteiger partial charge in [0.15, 0.2) is 0 Å². The molecule has 136 valence electrons. The van der Waals surface area contributed by atoms with Crippen LogP contribution in [0, 0.1) is 6.92 Å². The molecule has 0 fully saturated rings. The van der Waals surface area contributed by atoms with Gasteiger partial charge in [0.25, 0.3) is 0 Å². The molecule has 0 saturated heterocycles. The molecule has 0 unspecified atom stereocenters. The second-order valence-corrected chi connectivity index (χ2v) is 5.86. The molecule has 0 amide bonds. The van der Waals surface area contributed by atoms with Crippen molar-refractivity contribution in [3.63, 3.8) is 0 Å². The largest absolute Gasteiger partial charge is 0.573 e. The van der Waals surface area contributed by atoms with E-state index < -0.39 is 6.36 Å². The highest BCUT2D eigenvalue weighted by atomic mass is 19.4. The van der Waals surface area contributed by atoms with Crippen molar-refractivity contribution in [2.24, 2.45) is 0 Å². The van der Waals surface area contributed by atoms with Crippen LogP contribution < -0.4 is 4.74 Å². The van der Waals surface area contributed by atoms with Crippen LogP contribution in [0.15, 0.2) is 61.1 Å². The van der Waals surface area contributed by atoms with Crippen LogP contribution in [0.4, 0.5) is 13.2 Å². The number of aryl methyl sites for hydroxylation is 1. The molecule has 0 spiro atoms. The minimum absolute atomic E-state index is 0.283. The lowest BCUT2D eigenvalue weighted by molar-refractivity contribution is -0.274. The molecule has 0 saturated carbocycles. The quantitative estimate of drug-likeness (QED) is 0.526. The summed E-state index contributed by atoms with van der Waals surface area (Å²) in [7, 11) is 0. The van der Waals surface area contributed by atoms with Gasteiger partial charge in [0.1, 0.15) is 5.75 Å². The van der Waals surface area contributed by atoms with Crippen molar-refractivity contribution in [1.82, 2.24) is 19.4 Å². The van der Waals surface area contributed by atoms with E-state index in [1.807, 2.05) is 29.7 Å². The van der Waals surface area contributed by atoms with Crippen LogP contribution >= 0.6 is 0 Å². The molecule has 0 aliphatic rings. The summed E-state index contributed by atoms with van der Waals surface area (Å²) in [5.74, 6) is 0.210. The topological polar surface area (TPSA) is 52.3 Å². The summed E-state index contributed by atoms with van der Waals surface area (Å²) in [5, 5.41) is 0. The number of benzene rings is 1. The van der Waals surface area contributed by atoms with Crippen molar-refractivity contribution in [2.75, 3.05) is 0 Å². The molecule has 5 nitrogen and oxygen atoms in total. The maximum Gasteiger partial charge on any atom is 0.573 e. The standard InChI is InChI=1S/C19H13F3N4O/c1-12-11-14(7-9-23-12)17-16(25-18-24-8-2-10-26(17)18)13-3-5-15(6-4-13)27-19(20,21)22/h2-11H,1H3. The highest BCUT2D eigenvalue weighted by molar-refractivity contribution is 5.81. The molecule has 27 heavy (non-hydrogen) atoms. The minimum atomic E-state index is -4.73. The lowest BCUT2D eigenvalue weighted by Crippen LogP contribution is -2.16. The molecule has 0 radical (unpaired) electrons. The fourth-order valence-electron chi connectivity index (χ4n) is 2.87. The van der Waals surface area contributed by atoms with E-state index in [1.54, 1.807) is 30.6 Å². The zero-order valence-corrected chi connectivity index (χ0v) is 14.1. The Hall–Kier alpha value is -3.42. The Morgan fingerprint density at radius 1 is 0.963 bits per heavy atom. The lowest BCUT2D eigenvalue weighted by Gasteiger charge is -2.09. The van der Waals surface area contributed by atoms with E-state index in [-0.39, 0.29) is 5.75 Å². The zero-order chi connectivity index (χ0) is 19.0. The first-order chi connectivity index (χ1) is 12.9. The molecule has 3 heterocycles. The van der Waals surface area contributed by atoms with Crippen molar-refractivity contribution in [3.05, 3.63) is 66.7 Å². The molecule has 4 rings (SSSR count). The Balaban J connectivity index is 1.86. The number of imidazole rings is 1. The van der Waals surface area contributed by atoms with Crippen molar-refractivity contribution < 1.29 is 17.9 Å². The van der Waals surface area contributed by atoms with Gasteiger partial charge in [-0.2, -0.15) is 0 Å². The number of hydrogen-bond donors (Lipinski definition) is 0. The molecular formula is C19H13F3N4O. The zero-order valence-electron chi connectivity index (χ0n) is 14.1. The maximum absolute atomic E-state index is 12.4. The van der Waals surface area contributed by atoms with Crippen molar-refractivity contribution in [3.8, 4) is 28.3 Å². The first kappa shape index (κ1) is 17.0. The lowest BCUT2D eigenvalue weighted by atomic mass is 10.0. The van der Waals surface area contributed by atoms with Gasteiger partial charge in [-0.25, -0.2) is 9.97 Å². The third-order valence-corrected chi connectivity index (χ3v) is 3.94. The molecule has 3 aromatic heterocycles. The van der Waals surface area contributed by atoms with E-state index in [0.717, 1.165) is 17.0 Å². The number of ether oxygens (including phenoxy) is 1. The van der Waals surface area contributed by atoms with Gasteiger partial charge in [-0.15, -0.1) is 13.2 Å². The number of fused-ring (bicyclic) bond motifs is 1. The summed E-state index contributed by atoms with van der Waals surface area (Å²) >= 11 is 0. The maximum atomic E-state index is 12.4. The summed E-state index contributed by atoms with van der Waals surface area (Å²) < 4.78 is 42.9. The van der Waals surface area contributed by atoms with E-state index in [1.165, 1.54) is 12.1 Å². The summed E-state index contributed by atoms with van der Waals surface area (Å²) in [6.45, 7) is 1.88. The number of halogens is 3. The van der Waals surface area contributed by atoms with Gasteiger partial charge in [-0.1, -0.05) is 0 Å². The van der Waals surface area contributed by atoms with E-state index >= 15 is 0 Å². The van der Waals surface area contributed by atoms with Crippen molar-refractivity contribution in [1.29, 1.82) is 0 Å². The molecule has 8 heteroatoms. The normalized spacial score (nSPS) is 11.7. The monoisotopic (exact) mass is 370 g/mol. The molecule has 0 aliphatic carbocycles. The number of pyridine rings is 1. The smallest absolute Gasteiger partial charge is 0.406 e. The van der Waals surface area contributed by atoms with Crippen LogP contribution in [-0.4, -0.2) is 25.7 Å². The van der Waals surface area contributed by atoms with Gasteiger partial charge in [-0.3, -0.25) is 9.38 Å². The average Bonchev–Trinajstić information content (AvgIpc) is 3.00. The number of alkyl halides is 3. The number of rotatable bonds is 3. The third-order valence-electron chi connectivity index (χ3n) is 3.94. The number of aromatic nitrogens is 4. The van der Waals surface area contributed by atoms with Crippen LogP contribution in [0.25, 0.3) is 28.3 Å². The minimum Gasteiger partial charge on any atom is -0.406 e. The second kappa shape index (κ2) is 6.39. The molecule has 0 atom stereocenters. The fourth-order valence-corrected chi connectivity index (χ4v) is 2.87. The summed E-state index contributed by atoms with van der Waals surface area (Å²) in [5.41, 5.74) is 3.77. The van der Waals surface area contributed by atoms with Crippen LogP contribution in [0.3, 0.4) is 0 Å². The van der Waals surface area contributed by atoms with Gasteiger partial charge in [0.05, 0.1) is 11.4 Å². The van der Waals surface area contributed by atoms with Gasteiger partial charge in [0.2, 0.25) is 5.78 Å². The van der Waals surface area contributed by atoms with Gasteiger partial charge < -0.3 is 4.74 Å². The van der Waals surface area contributed by atoms with Gasteiger partial charge >= 0.3 is 6.36 Å². The van der Waals surface area contributed by atoms with Gasteiger partial charge in [0, 0.05) is 35.4 Å². The first-order valence-corrected chi connectivity index (χ1v) is 8.03. The van der Waals surface area contributed by atoms with Crippen molar-refractivity contribution >= 4 is 5.78 Å². The second-order valence-electron chi connectivity index (χ2n) is 5.86. The fraction of sp³-hybridized carbons (Fsp3) is 0.105.